The maximum absolute atomic E-state index is 12.2. The van der Waals surface area contributed by atoms with E-state index in [4.69, 9.17) is 0 Å². The molecule has 1 aliphatic heterocycles. The minimum Gasteiger partial charge on any atom is -0.340 e. The molecule has 1 saturated heterocycles. The van der Waals surface area contributed by atoms with E-state index in [1.165, 1.54) is 10.6 Å². The average molecular weight is 300 g/mol. The molecule has 0 unspecified atom stereocenters. The predicted molar refractivity (Wildman–Crippen MR) is 74.6 cm³/mol. The molecule has 0 bridgehead atoms. The summed E-state index contributed by atoms with van der Waals surface area (Å²) < 4.78 is 26.1. The molecule has 1 aromatic rings. The zero-order valence-electron chi connectivity index (χ0n) is 11.8. The van der Waals surface area contributed by atoms with Crippen molar-refractivity contribution in [2.24, 2.45) is 0 Å². The van der Waals surface area contributed by atoms with Gasteiger partial charge in [0.25, 0.3) is 0 Å². The third kappa shape index (κ3) is 3.80. The van der Waals surface area contributed by atoms with Crippen molar-refractivity contribution in [1.29, 1.82) is 0 Å². The first-order chi connectivity index (χ1) is 9.36. The summed E-state index contributed by atoms with van der Waals surface area (Å²) in [6.45, 7) is 3.99. The lowest BCUT2D eigenvalue weighted by Gasteiger charge is -2.21. The van der Waals surface area contributed by atoms with Crippen molar-refractivity contribution in [2.75, 3.05) is 32.4 Å². The van der Waals surface area contributed by atoms with Crippen molar-refractivity contribution in [1.82, 2.24) is 19.0 Å². The third-order valence-electron chi connectivity index (χ3n) is 3.34. The molecule has 0 spiro atoms. The molecule has 112 valence electrons. The fourth-order valence-electron chi connectivity index (χ4n) is 2.27. The Hall–Kier alpha value is -1.41. The molecule has 20 heavy (non-hydrogen) atoms. The first-order valence-corrected chi connectivity index (χ1v) is 8.43. The second-order valence-electron chi connectivity index (χ2n) is 5.11. The fraction of sp³-hybridized carbons (Fsp3) is 0.667. The molecule has 2 heterocycles. The van der Waals surface area contributed by atoms with E-state index in [1.807, 2.05) is 13.1 Å². The lowest BCUT2D eigenvalue weighted by atomic mass is 10.4. The summed E-state index contributed by atoms with van der Waals surface area (Å²) in [5.74, 6) is -0.0246. The van der Waals surface area contributed by atoms with Crippen LogP contribution in [0.4, 0.5) is 0 Å². The summed E-state index contributed by atoms with van der Waals surface area (Å²) >= 11 is 0. The summed E-state index contributed by atoms with van der Waals surface area (Å²) in [6, 6.07) is 0. The number of carbonyl (C=O) groups excluding carboxylic acids is 1. The Morgan fingerprint density at radius 3 is 2.65 bits per heavy atom. The zero-order chi connectivity index (χ0) is 14.8. The molecule has 1 amide bonds. The number of carbonyl (C=O) groups is 1. The van der Waals surface area contributed by atoms with E-state index in [-0.39, 0.29) is 12.5 Å². The number of amides is 1. The molecule has 0 saturated carbocycles. The maximum atomic E-state index is 12.2. The van der Waals surface area contributed by atoms with Crippen LogP contribution in [0.5, 0.6) is 0 Å². The van der Waals surface area contributed by atoms with E-state index in [1.54, 1.807) is 15.8 Å². The molecule has 1 aliphatic rings. The molecule has 8 heteroatoms. The van der Waals surface area contributed by atoms with Gasteiger partial charge in [0.1, 0.15) is 6.54 Å². The Balaban J connectivity index is 1.95. The number of hydrogen-bond acceptors (Lipinski definition) is 4. The van der Waals surface area contributed by atoms with E-state index in [0.717, 1.165) is 5.56 Å². The van der Waals surface area contributed by atoms with E-state index in [2.05, 4.69) is 5.10 Å². The SMILES string of the molecule is Cc1cnn(CC(=O)N2CCCN(S(C)(=O)=O)CC2)c1. The fourth-order valence-corrected chi connectivity index (χ4v) is 3.14. The molecule has 2 rings (SSSR count). The molecule has 0 radical (unpaired) electrons. The predicted octanol–water partition coefficient (Wildman–Crippen LogP) is -0.315. The molecule has 0 aromatic carbocycles. The molecule has 1 fully saturated rings. The highest BCUT2D eigenvalue weighted by atomic mass is 32.2. The monoisotopic (exact) mass is 300 g/mol. The topological polar surface area (TPSA) is 75.5 Å². The minimum atomic E-state index is -3.18. The van der Waals surface area contributed by atoms with Gasteiger partial charge in [-0.1, -0.05) is 0 Å². The van der Waals surface area contributed by atoms with Crippen LogP contribution in [0.25, 0.3) is 0 Å². The Kier molecular flexibility index (Phi) is 4.44. The first-order valence-electron chi connectivity index (χ1n) is 6.58. The number of aromatic nitrogens is 2. The van der Waals surface area contributed by atoms with Gasteiger partial charge in [0.15, 0.2) is 0 Å². The lowest BCUT2D eigenvalue weighted by molar-refractivity contribution is -0.131. The quantitative estimate of drug-likeness (QED) is 0.767. The highest BCUT2D eigenvalue weighted by Gasteiger charge is 2.23. The number of sulfonamides is 1. The van der Waals surface area contributed by atoms with E-state index in [0.29, 0.717) is 32.6 Å². The van der Waals surface area contributed by atoms with Crippen LogP contribution < -0.4 is 0 Å². The summed E-state index contributed by atoms with van der Waals surface area (Å²) in [4.78, 5) is 13.9. The van der Waals surface area contributed by atoms with Crippen LogP contribution in [0, 0.1) is 6.92 Å². The van der Waals surface area contributed by atoms with E-state index in [9.17, 15) is 13.2 Å². The number of hydrogen-bond donors (Lipinski definition) is 0. The second kappa shape index (κ2) is 5.92. The Morgan fingerprint density at radius 1 is 1.30 bits per heavy atom. The van der Waals surface area contributed by atoms with Gasteiger partial charge in [0.05, 0.1) is 12.5 Å². The summed E-state index contributed by atoms with van der Waals surface area (Å²) in [7, 11) is -3.18. The summed E-state index contributed by atoms with van der Waals surface area (Å²) in [5, 5.41) is 4.09. The van der Waals surface area contributed by atoms with Gasteiger partial charge < -0.3 is 4.90 Å². The van der Waals surface area contributed by atoms with Crippen molar-refractivity contribution in [3.63, 3.8) is 0 Å². The highest BCUT2D eigenvalue weighted by molar-refractivity contribution is 7.88. The third-order valence-corrected chi connectivity index (χ3v) is 4.64. The van der Waals surface area contributed by atoms with Gasteiger partial charge in [0.2, 0.25) is 15.9 Å². The maximum Gasteiger partial charge on any atom is 0.244 e. The van der Waals surface area contributed by atoms with Crippen LogP contribution in [-0.2, 0) is 21.4 Å². The molecular formula is C12H20N4O3S. The van der Waals surface area contributed by atoms with Crippen LogP contribution in [0.3, 0.4) is 0 Å². The lowest BCUT2D eigenvalue weighted by Crippen LogP contribution is -2.38. The standard InChI is InChI=1S/C12H20N4O3S/c1-11-8-13-15(9-11)10-12(17)14-4-3-5-16(7-6-14)20(2,18)19/h8-9H,3-7,10H2,1-2H3. The number of rotatable bonds is 3. The molecule has 0 atom stereocenters. The molecule has 0 aliphatic carbocycles. The average Bonchev–Trinajstić information content (AvgIpc) is 2.64. The van der Waals surface area contributed by atoms with Crippen LogP contribution >= 0.6 is 0 Å². The van der Waals surface area contributed by atoms with Crippen LogP contribution in [0.1, 0.15) is 12.0 Å². The highest BCUT2D eigenvalue weighted by Crippen LogP contribution is 2.08. The van der Waals surface area contributed by atoms with Crippen LogP contribution in [-0.4, -0.2) is 65.7 Å². The summed E-state index contributed by atoms with van der Waals surface area (Å²) in [5.41, 5.74) is 1.01. The second-order valence-corrected chi connectivity index (χ2v) is 7.09. The first kappa shape index (κ1) is 15.0. The van der Waals surface area contributed by atoms with Crippen molar-refractivity contribution >= 4 is 15.9 Å². The van der Waals surface area contributed by atoms with Crippen molar-refractivity contribution in [2.45, 2.75) is 19.9 Å². The van der Waals surface area contributed by atoms with Crippen LogP contribution in [0.2, 0.25) is 0 Å². The number of aryl methyl sites for hydroxylation is 1. The van der Waals surface area contributed by atoms with Gasteiger partial charge in [-0.3, -0.25) is 9.48 Å². The van der Waals surface area contributed by atoms with Crippen LogP contribution in [0.15, 0.2) is 12.4 Å². The van der Waals surface area contributed by atoms with Gasteiger partial charge in [-0.15, -0.1) is 0 Å². The van der Waals surface area contributed by atoms with E-state index < -0.39 is 10.0 Å². The van der Waals surface area contributed by atoms with Gasteiger partial charge >= 0.3 is 0 Å². The van der Waals surface area contributed by atoms with Crippen molar-refractivity contribution < 1.29 is 13.2 Å². The summed E-state index contributed by atoms with van der Waals surface area (Å²) in [6.07, 6.45) is 5.40. The molecule has 7 nitrogen and oxygen atoms in total. The van der Waals surface area contributed by atoms with Gasteiger partial charge in [0, 0.05) is 32.4 Å². The Labute approximate surface area is 119 Å². The Morgan fingerprint density at radius 2 is 2.05 bits per heavy atom. The number of nitrogens with zero attached hydrogens (tertiary/aromatic N) is 4. The largest absolute Gasteiger partial charge is 0.340 e. The van der Waals surface area contributed by atoms with Gasteiger partial charge in [-0.05, 0) is 18.9 Å². The van der Waals surface area contributed by atoms with Crippen molar-refractivity contribution in [3.05, 3.63) is 18.0 Å². The van der Waals surface area contributed by atoms with Crippen molar-refractivity contribution in [3.8, 4) is 0 Å². The molecule has 1 aromatic heterocycles. The molecular weight excluding hydrogens is 280 g/mol. The normalized spacial score (nSPS) is 18.0. The smallest absolute Gasteiger partial charge is 0.244 e. The molecule has 0 N–H and O–H groups in total. The van der Waals surface area contributed by atoms with E-state index >= 15 is 0 Å². The van der Waals surface area contributed by atoms with Gasteiger partial charge in [-0.25, -0.2) is 12.7 Å². The zero-order valence-corrected chi connectivity index (χ0v) is 12.6. The Bertz CT molecular complexity index is 581. The minimum absolute atomic E-state index is 0.0246. The van der Waals surface area contributed by atoms with Gasteiger partial charge in [-0.2, -0.15) is 5.10 Å².